The van der Waals surface area contributed by atoms with E-state index in [1.54, 1.807) is 7.11 Å². The standard InChI is InChI=1S/C12H15BrO3S/c1-15-11-5-4-9(13)7-12(11)17(14)8-10-3-2-6-16-10/h4-5,7,10H,2-3,6,8H2,1H3/t10-,17-/m1/s1. The normalized spacial score (nSPS) is 21.4. The van der Waals surface area contributed by atoms with Crippen LogP contribution in [0.15, 0.2) is 27.6 Å². The molecule has 0 amide bonds. The summed E-state index contributed by atoms with van der Waals surface area (Å²) in [5.74, 6) is 1.22. The van der Waals surface area contributed by atoms with E-state index in [-0.39, 0.29) is 6.10 Å². The van der Waals surface area contributed by atoms with Crippen LogP contribution in [0, 0.1) is 0 Å². The molecule has 2 rings (SSSR count). The van der Waals surface area contributed by atoms with Gasteiger partial charge in [-0.1, -0.05) is 15.9 Å². The van der Waals surface area contributed by atoms with Gasteiger partial charge in [-0.2, -0.15) is 0 Å². The fraction of sp³-hybridized carbons (Fsp3) is 0.500. The van der Waals surface area contributed by atoms with Crippen LogP contribution in [0.2, 0.25) is 0 Å². The first kappa shape index (κ1) is 13.1. The summed E-state index contributed by atoms with van der Waals surface area (Å²) in [6, 6.07) is 5.56. The summed E-state index contributed by atoms with van der Waals surface area (Å²) >= 11 is 3.39. The van der Waals surface area contributed by atoms with Gasteiger partial charge in [0, 0.05) is 11.1 Å². The van der Waals surface area contributed by atoms with Gasteiger partial charge in [0.1, 0.15) is 5.75 Å². The van der Waals surface area contributed by atoms with Crippen molar-refractivity contribution in [2.24, 2.45) is 0 Å². The summed E-state index contributed by atoms with van der Waals surface area (Å²) in [5, 5.41) is 0. The maximum Gasteiger partial charge on any atom is 0.135 e. The molecule has 1 aliphatic heterocycles. The average molecular weight is 319 g/mol. The molecule has 1 heterocycles. The highest BCUT2D eigenvalue weighted by Gasteiger charge is 2.21. The highest BCUT2D eigenvalue weighted by molar-refractivity contribution is 9.10. The number of rotatable bonds is 4. The Bertz CT molecular complexity index is 416. The van der Waals surface area contributed by atoms with Crippen LogP contribution < -0.4 is 4.74 Å². The molecule has 0 saturated carbocycles. The highest BCUT2D eigenvalue weighted by atomic mass is 79.9. The largest absolute Gasteiger partial charge is 0.495 e. The number of methoxy groups -OCH3 is 1. The van der Waals surface area contributed by atoms with Crippen molar-refractivity contribution in [3.05, 3.63) is 22.7 Å². The van der Waals surface area contributed by atoms with E-state index in [1.165, 1.54) is 0 Å². The van der Waals surface area contributed by atoms with Gasteiger partial charge in [0.15, 0.2) is 0 Å². The van der Waals surface area contributed by atoms with E-state index in [4.69, 9.17) is 9.47 Å². The zero-order chi connectivity index (χ0) is 12.3. The molecule has 1 aromatic rings. The van der Waals surface area contributed by atoms with Crippen molar-refractivity contribution in [3.8, 4) is 5.75 Å². The van der Waals surface area contributed by atoms with Crippen molar-refractivity contribution in [1.82, 2.24) is 0 Å². The third kappa shape index (κ3) is 3.30. The molecule has 1 saturated heterocycles. The Morgan fingerprint density at radius 2 is 2.41 bits per heavy atom. The van der Waals surface area contributed by atoms with Crippen LogP contribution in [-0.2, 0) is 15.5 Å². The van der Waals surface area contributed by atoms with Crippen LogP contribution in [0.1, 0.15) is 12.8 Å². The van der Waals surface area contributed by atoms with E-state index >= 15 is 0 Å². The van der Waals surface area contributed by atoms with Gasteiger partial charge in [0.25, 0.3) is 0 Å². The molecule has 0 spiro atoms. The Hall–Kier alpha value is -0.390. The van der Waals surface area contributed by atoms with Crippen LogP contribution in [-0.4, -0.2) is 29.8 Å². The molecule has 0 radical (unpaired) electrons. The molecule has 0 aromatic heterocycles. The van der Waals surface area contributed by atoms with Crippen LogP contribution in [0.3, 0.4) is 0 Å². The monoisotopic (exact) mass is 318 g/mol. The second-order valence-electron chi connectivity index (χ2n) is 3.94. The second kappa shape index (κ2) is 5.98. The maximum atomic E-state index is 12.3. The van der Waals surface area contributed by atoms with Crippen LogP contribution in [0.5, 0.6) is 5.75 Å². The lowest BCUT2D eigenvalue weighted by atomic mass is 10.3. The minimum absolute atomic E-state index is 0.125. The number of hydrogen-bond acceptors (Lipinski definition) is 3. The average Bonchev–Trinajstić information content (AvgIpc) is 2.81. The molecule has 17 heavy (non-hydrogen) atoms. The molecule has 5 heteroatoms. The minimum Gasteiger partial charge on any atom is -0.495 e. The van der Waals surface area contributed by atoms with E-state index < -0.39 is 10.8 Å². The molecule has 1 aliphatic rings. The zero-order valence-corrected chi connectivity index (χ0v) is 12.1. The first-order valence-electron chi connectivity index (χ1n) is 5.54. The van der Waals surface area contributed by atoms with Crippen molar-refractivity contribution in [2.75, 3.05) is 19.5 Å². The molecule has 0 unspecified atom stereocenters. The smallest absolute Gasteiger partial charge is 0.135 e. The molecular formula is C12H15BrO3S. The molecular weight excluding hydrogens is 304 g/mol. The van der Waals surface area contributed by atoms with E-state index in [0.29, 0.717) is 11.5 Å². The Kier molecular flexibility index (Phi) is 4.59. The SMILES string of the molecule is COc1ccc(Br)cc1[S@](=O)C[C@H]1CCCO1. The number of benzene rings is 1. The highest BCUT2D eigenvalue weighted by Crippen LogP contribution is 2.27. The number of halogens is 1. The van der Waals surface area contributed by atoms with Crippen LogP contribution in [0.25, 0.3) is 0 Å². The van der Waals surface area contributed by atoms with Gasteiger partial charge in [-0.25, -0.2) is 0 Å². The van der Waals surface area contributed by atoms with Gasteiger partial charge in [0.2, 0.25) is 0 Å². The van der Waals surface area contributed by atoms with Gasteiger partial charge < -0.3 is 9.47 Å². The lowest BCUT2D eigenvalue weighted by Crippen LogP contribution is -2.16. The fourth-order valence-electron chi connectivity index (χ4n) is 1.86. The third-order valence-electron chi connectivity index (χ3n) is 2.73. The molecule has 0 N–H and O–H groups in total. The summed E-state index contributed by atoms with van der Waals surface area (Å²) in [6.07, 6.45) is 2.19. The maximum absolute atomic E-state index is 12.3. The molecule has 0 bridgehead atoms. The Balaban J connectivity index is 2.14. The van der Waals surface area contributed by atoms with Gasteiger partial charge in [-0.15, -0.1) is 0 Å². The van der Waals surface area contributed by atoms with E-state index in [9.17, 15) is 4.21 Å². The minimum atomic E-state index is -1.07. The van der Waals surface area contributed by atoms with Crippen molar-refractivity contribution >= 4 is 26.7 Å². The van der Waals surface area contributed by atoms with Gasteiger partial charge >= 0.3 is 0 Å². The predicted molar refractivity (Wildman–Crippen MR) is 70.9 cm³/mol. The number of ether oxygens (including phenoxy) is 2. The Morgan fingerprint density at radius 3 is 3.06 bits per heavy atom. The van der Waals surface area contributed by atoms with E-state index in [0.717, 1.165) is 28.8 Å². The van der Waals surface area contributed by atoms with Gasteiger partial charge in [-0.05, 0) is 31.0 Å². The van der Waals surface area contributed by atoms with Crippen molar-refractivity contribution in [1.29, 1.82) is 0 Å². The predicted octanol–water partition coefficient (Wildman–Crippen LogP) is 2.74. The fourth-order valence-corrected chi connectivity index (χ4v) is 3.79. The lowest BCUT2D eigenvalue weighted by Gasteiger charge is -2.12. The number of hydrogen-bond donors (Lipinski definition) is 0. The Labute approximate surface area is 112 Å². The molecule has 2 atom stereocenters. The summed E-state index contributed by atoms with van der Waals surface area (Å²) in [4.78, 5) is 0.734. The molecule has 1 aromatic carbocycles. The lowest BCUT2D eigenvalue weighted by molar-refractivity contribution is 0.128. The van der Waals surface area contributed by atoms with Crippen molar-refractivity contribution < 1.29 is 13.7 Å². The van der Waals surface area contributed by atoms with Crippen LogP contribution in [0.4, 0.5) is 0 Å². The van der Waals surface area contributed by atoms with Crippen molar-refractivity contribution in [3.63, 3.8) is 0 Å². The first-order valence-corrected chi connectivity index (χ1v) is 7.65. The van der Waals surface area contributed by atoms with E-state index in [1.807, 2.05) is 18.2 Å². The summed E-state index contributed by atoms with van der Waals surface area (Å²) in [6.45, 7) is 0.789. The van der Waals surface area contributed by atoms with Gasteiger partial charge in [0.05, 0.1) is 34.7 Å². The van der Waals surface area contributed by atoms with Crippen molar-refractivity contribution in [2.45, 2.75) is 23.8 Å². The third-order valence-corrected chi connectivity index (χ3v) is 4.71. The molecule has 94 valence electrons. The summed E-state index contributed by atoms with van der Waals surface area (Å²) in [7, 11) is 0.518. The van der Waals surface area contributed by atoms with Gasteiger partial charge in [-0.3, -0.25) is 4.21 Å². The molecule has 3 nitrogen and oxygen atoms in total. The quantitative estimate of drug-likeness (QED) is 0.856. The Morgan fingerprint density at radius 1 is 1.59 bits per heavy atom. The van der Waals surface area contributed by atoms with Crippen LogP contribution >= 0.6 is 15.9 Å². The first-order chi connectivity index (χ1) is 8.20. The zero-order valence-electron chi connectivity index (χ0n) is 9.65. The second-order valence-corrected chi connectivity index (χ2v) is 6.32. The summed E-state index contributed by atoms with van der Waals surface area (Å²) in [5.41, 5.74) is 0. The molecule has 1 fully saturated rings. The molecule has 0 aliphatic carbocycles. The van der Waals surface area contributed by atoms with E-state index in [2.05, 4.69) is 15.9 Å². The summed E-state index contributed by atoms with van der Waals surface area (Å²) < 4.78 is 23.9. The topological polar surface area (TPSA) is 35.5 Å².